The van der Waals surface area contributed by atoms with Crippen molar-refractivity contribution in [1.82, 2.24) is 15.3 Å². The summed E-state index contributed by atoms with van der Waals surface area (Å²) in [5, 5.41) is 5.86. The van der Waals surface area contributed by atoms with E-state index in [0.717, 1.165) is 25.3 Å². The van der Waals surface area contributed by atoms with E-state index < -0.39 is 30.1 Å². The van der Waals surface area contributed by atoms with Crippen LogP contribution in [0.4, 0.5) is 19.0 Å². The maximum Gasteiger partial charge on any atom is 0.266 e. The molecule has 2 aromatic rings. The van der Waals surface area contributed by atoms with Crippen LogP contribution in [0.3, 0.4) is 0 Å². The number of halogens is 3. The quantitative estimate of drug-likeness (QED) is 0.586. The molecule has 33 heavy (non-hydrogen) atoms. The third-order valence-corrected chi connectivity index (χ3v) is 5.67. The fourth-order valence-electron chi connectivity index (χ4n) is 3.75. The molecule has 1 saturated heterocycles. The number of anilines is 1. The summed E-state index contributed by atoms with van der Waals surface area (Å²) in [5.74, 6) is 1.26. The van der Waals surface area contributed by atoms with Crippen LogP contribution in [0.1, 0.15) is 60.4 Å². The second-order valence-corrected chi connectivity index (χ2v) is 7.82. The number of nitrogens with zero attached hydrogens (tertiary/aromatic N) is 2. The van der Waals surface area contributed by atoms with E-state index in [4.69, 9.17) is 15.9 Å². The van der Waals surface area contributed by atoms with Crippen LogP contribution in [0, 0.1) is 18.2 Å². The number of hydrogen-bond acceptors (Lipinski definition) is 6. The van der Waals surface area contributed by atoms with Crippen molar-refractivity contribution in [3.63, 3.8) is 0 Å². The predicted octanol–water partition coefficient (Wildman–Crippen LogP) is 3.60. The van der Waals surface area contributed by atoms with Crippen LogP contribution in [0.5, 0.6) is 0 Å². The van der Waals surface area contributed by atoms with Crippen molar-refractivity contribution >= 4 is 11.7 Å². The predicted molar refractivity (Wildman–Crippen MR) is 113 cm³/mol. The first kappa shape index (κ1) is 23.0. The molecule has 10 heteroatoms. The lowest BCUT2D eigenvalue weighted by Crippen LogP contribution is -2.40. The molecule has 4 rings (SSSR count). The van der Waals surface area contributed by atoms with Crippen molar-refractivity contribution in [1.29, 1.82) is 0 Å². The normalized spacial score (nSPS) is 17.4. The van der Waals surface area contributed by atoms with E-state index >= 15 is 0 Å². The summed E-state index contributed by atoms with van der Waals surface area (Å²) < 4.78 is 52.3. The Labute approximate surface area is 189 Å². The Hall–Kier alpha value is -3.16. The monoisotopic (exact) mass is 460 g/mol. The van der Waals surface area contributed by atoms with E-state index in [1.807, 2.05) is 0 Å². The van der Waals surface area contributed by atoms with Gasteiger partial charge in [0.15, 0.2) is 6.29 Å². The number of hydrogen-bond donors (Lipinski definition) is 2. The number of ether oxygens (including phenoxy) is 2. The van der Waals surface area contributed by atoms with Crippen molar-refractivity contribution in [2.24, 2.45) is 0 Å². The summed E-state index contributed by atoms with van der Waals surface area (Å²) in [6, 6.07) is 2.69. The first-order valence-electron chi connectivity index (χ1n) is 10.6. The standard InChI is InChI=1S/C23H23F3N4O3/c1-2-16(14-7-4-8-15(20(14)24)21(25)26)30-22-19(23-32-9-10-33-23)17(27-12-28-22)11-18(31)29-13-5-3-6-13/h1,4,7-8,12-13,16,21,23H,3,5-6,9-11H2,(H,29,31)(H,27,28,30). The summed E-state index contributed by atoms with van der Waals surface area (Å²) in [4.78, 5) is 21.0. The van der Waals surface area contributed by atoms with Gasteiger partial charge in [-0.3, -0.25) is 4.79 Å². The maximum absolute atomic E-state index is 14.7. The van der Waals surface area contributed by atoms with Crippen LogP contribution in [0.15, 0.2) is 24.5 Å². The average molecular weight is 460 g/mol. The molecule has 1 aromatic heterocycles. The number of aromatic nitrogens is 2. The molecule has 1 saturated carbocycles. The van der Waals surface area contributed by atoms with E-state index in [1.54, 1.807) is 0 Å². The van der Waals surface area contributed by atoms with Gasteiger partial charge < -0.3 is 20.1 Å². The van der Waals surface area contributed by atoms with Crippen LogP contribution in [0.2, 0.25) is 0 Å². The van der Waals surface area contributed by atoms with Gasteiger partial charge in [0, 0.05) is 11.6 Å². The molecule has 1 amide bonds. The molecule has 1 aliphatic heterocycles. The lowest BCUT2D eigenvalue weighted by atomic mass is 9.93. The van der Waals surface area contributed by atoms with Gasteiger partial charge >= 0.3 is 0 Å². The summed E-state index contributed by atoms with van der Waals surface area (Å²) in [5.41, 5.74) is -0.135. The van der Waals surface area contributed by atoms with Crippen molar-refractivity contribution < 1.29 is 27.4 Å². The van der Waals surface area contributed by atoms with E-state index in [1.165, 1.54) is 18.5 Å². The molecule has 1 unspecified atom stereocenters. The summed E-state index contributed by atoms with van der Waals surface area (Å²) in [6.45, 7) is 0.659. The third kappa shape index (κ3) is 5.10. The average Bonchev–Trinajstić information content (AvgIpc) is 3.29. The number of amides is 1. The molecule has 2 heterocycles. The van der Waals surface area contributed by atoms with E-state index in [9.17, 15) is 18.0 Å². The molecule has 1 aliphatic carbocycles. The number of terminal acetylenes is 1. The Kier molecular flexibility index (Phi) is 7.11. The molecular weight excluding hydrogens is 437 g/mol. The highest BCUT2D eigenvalue weighted by Gasteiger charge is 2.30. The Morgan fingerprint density at radius 2 is 1.94 bits per heavy atom. The highest BCUT2D eigenvalue weighted by molar-refractivity contribution is 5.79. The molecule has 7 nitrogen and oxygen atoms in total. The molecule has 0 radical (unpaired) electrons. The van der Waals surface area contributed by atoms with Gasteiger partial charge in [-0.15, -0.1) is 6.42 Å². The smallest absolute Gasteiger partial charge is 0.266 e. The first-order valence-corrected chi connectivity index (χ1v) is 10.6. The molecule has 0 spiro atoms. The number of carbonyl (C=O) groups excluding carboxylic acids is 1. The molecule has 0 bridgehead atoms. The summed E-state index contributed by atoms with van der Waals surface area (Å²) in [7, 11) is 0. The SMILES string of the molecule is C#CC(Nc1ncnc(CC(=O)NC2CCC2)c1C1OCCO1)c1cccc(C(F)F)c1F. The minimum Gasteiger partial charge on any atom is -0.353 e. The van der Waals surface area contributed by atoms with Crippen LogP contribution < -0.4 is 10.6 Å². The summed E-state index contributed by atoms with van der Waals surface area (Å²) in [6.07, 6.45) is 5.94. The Morgan fingerprint density at radius 1 is 1.21 bits per heavy atom. The highest BCUT2D eigenvalue weighted by atomic mass is 19.3. The van der Waals surface area contributed by atoms with Crippen molar-refractivity contribution in [3.8, 4) is 12.3 Å². The highest BCUT2D eigenvalue weighted by Crippen LogP contribution is 2.34. The van der Waals surface area contributed by atoms with Gasteiger partial charge in [0.05, 0.1) is 36.5 Å². The van der Waals surface area contributed by atoms with Gasteiger partial charge in [-0.25, -0.2) is 23.1 Å². The second kappa shape index (κ2) is 10.2. The van der Waals surface area contributed by atoms with Gasteiger partial charge in [-0.05, 0) is 19.3 Å². The first-order chi connectivity index (χ1) is 16.0. The van der Waals surface area contributed by atoms with Crippen molar-refractivity contribution in [2.45, 2.75) is 50.5 Å². The van der Waals surface area contributed by atoms with Crippen molar-refractivity contribution in [3.05, 3.63) is 52.7 Å². The Morgan fingerprint density at radius 3 is 2.58 bits per heavy atom. The molecular formula is C23H23F3N4O3. The molecule has 2 aliphatic rings. The van der Waals surface area contributed by atoms with E-state index in [0.29, 0.717) is 24.5 Å². The lowest BCUT2D eigenvalue weighted by molar-refractivity contribution is -0.121. The minimum absolute atomic E-state index is 0.0395. The minimum atomic E-state index is -2.99. The Bertz CT molecular complexity index is 1050. The van der Waals surface area contributed by atoms with E-state index in [-0.39, 0.29) is 29.8 Å². The fraction of sp³-hybridized carbons (Fsp3) is 0.435. The van der Waals surface area contributed by atoms with Crippen molar-refractivity contribution in [2.75, 3.05) is 18.5 Å². The zero-order chi connectivity index (χ0) is 23.4. The van der Waals surface area contributed by atoms with Crippen LogP contribution in [0.25, 0.3) is 0 Å². The number of nitrogens with one attached hydrogen (secondary N) is 2. The van der Waals surface area contributed by atoms with Crippen LogP contribution in [-0.2, 0) is 20.7 Å². The maximum atomic E-state index is 14.7. The third-order valence-electron chi connectivity index (χ3n) is 5.67. The van der Waals surface area contributed by atoms with E-state index in [2.05, 4.69) is 26.5 Å². The molecule has 1 aromatic carbocycles. The van der Waals surface area contributed by atoms with Gasteiger partial charge in [0.1, 0.15) is 24.0 Å². The molecule has 2 fully saturated rings. The Balaban J connectivity index is 1.64. The largest absolute Gasteiger partial charge is 0.353 e. The molecule has 2 N–H and O–H groups in total. The van der Waals surface area contributed by atoms with Gasteiger partial charge in [-0.1, -0.05) is 24.1 Å². The van der Waals surface area contributed by atoms with Gasteiger partial charge in [0.2, 0.25) is 5.91 Å². The zero-order valence-corrected chi connectivity index (χ0v) is 17.7. The number of alkyl halides is 2. The second-order valence-electron chi connectivity index (χ2n) is 7.82. The number of benzene rings is 1. The number of carbonyl (C=O) groups is 1. The number of rotatable bonds is 8. The summed E-state index contributed by atoms with van der Waals surface area (Å²) >= 11 is 0. The van der Waals surface area contributed by atoms with Crippen LogP contribution in [-0.4, -0.2) is 35.1 Å². The lowest BCUT2D eigenvalue weighted by Gasteiger charge is -2.26. The molecule has 1 atom stereocenters. The van der Waals surface area contributed by atoms with Gasteiger partial charge in [-0.2, -0.15) is 0 Å². The fourth-order valence-corrected chi connectivity index (χ4v) is 3.75. The zero-order valence-electron chi connectivity index (χ0n) is 17.7. The van der Waals surface area contributed by atoms with Crippen LogP contribution >= 0.6 is 0 Å². The topological polar surface area (TPSA) is 85.4 Å². The van der Waals surface area contributed by atoms with Gasteiger partial charge in [0.25, 0.3) is 6.43 Å². The molecule has 174 valence electrons.